The first kappa shape index (κ1) is 16.0. The van der Waals surface area contributed by atoms with E-state index >= 15 is 0 Å². The van der Waals surface area contributed by atoms with Gasteiger partial charge in [-0.1, -0.05) is 35.0 Å². The number of rotatable bonds is 6. The van der Waals surface area contributed by atoms with Gasteiger partial charge in [0.05, 0.1) is 12.7 Å². The predicted molar refractivity (Wildman–Crippen MR) is 85.0 cm³/mol. The van der Waals surface area contributed by atoms with Crippen molar-refractivity contribution in [2.75, 3.05) is 6.61 Å². The summed E-state index contributed by atoms with van der Waals surface area (Å²) in [6.07, 6.45) is 0.446. The van der Waals surface area contributed by atoms with Crippen LogP contribution in [0.3, 0.4) is 0 Å². The van der Waals surface area contributed by atoms with E-state index in [2.05, 4.69) is 15.9 Å². The molecule has 2 nitrogen and oxygen atoms in total. The van der Waals surface area contributed by atoms with Gasteiger partial charge in [0.25, 0.3) is 0 Å². The van der Waals surface area contributed by atoms with Crippen molar-refractivity contribution in [3.05, 3.63) is 63.9 Å². The molecule has 112 valence electrons. The normalized spacial score (nSPS) is 12.2. The number of ether oxygens (including phenoxy) is 1. The maximum atomic E-state index is 13.7. The number of aliphatic hydroxyl groups excluding tert-OH is 1. The summed E-state index contributed by atoms with van der Waals surface area (Å²) in [6, 6.07) is 12.0. The molecular weight excluding hydrogens is 335 g/mol. The summed E-state index contributed by atoms with van der Waals surface area (Å²) in [5.41, 5.74) is 1.24. The molecule has 0 saturated carbocycles. The largest absolute Gasteiger partial charge is 0.494 e. The lowest BCUT2D eigenvalue weighted by Crippen LogP contribution is -2.04. The summed E-state index contributed by atoms with van der Waals surface area (Å²) >= 11 is 3.31. The Morgan fingerprint density at radius 3 is 2.57 bits per heavy atom. The molecule has 0 amide bonds. The van der Waals surface area contributed by atoms with Gasteiger partial charge in [0.2, 0.25) is 0 Å². The number of hydrogen-bond donors (Lipinski definition) is 1. The fraction of sp³-hybridized carbons (Fsp3) is 0.294. The third kappa shape index (κ3) is 4.55. The highest BCUT2D eigenvalue weighted by atomic mass is 79.9. The van der Waals surface area contributed by atoms with Crippen molar-refractivity contribution in [2.24, 2.45) is 0 Å². The average Bonchev–Trinajstić information content (AvgIpc) is 2.49. The van der Waals surface area contributed by atoms with Crippen molar-refractivity contribution in [1.82, 2.24) is 0 Å². The lowest BCUT2D eigenvalue weighted by molar-refractivity contribution is 0.177. The van der Waals surface area contributed by atoms with Crippen molar-refractivity contribution in [3.63, 3.8) is 0 Å². The number of halogens is 2. The highest BCUT2D eigenvalue weighted by Crippen LogP contribution is 2.24. The molecule has 0 bridgehead atoms. The van der Waals surface area contributed by atoms with Crippen LogP contribution in [0.15, 0.2) is 46.9 Å². The number of benzene rings is 2. The van der Waals surface area contributed by atoms with Crippen LogP contribution in [0.5, 0.6) is 5.75 Å². The first-order chi connectivity index (χ1) is 10.1. The predicted octanol–water partition coefficient (Wildman–Crippen LogP) is 4.65. The van der Waals surface area contributed by atoms with Gasteiger partial charge in [-0.25, -0.2) is 4.39 Å². The van der Waals surface area contributed by atoms with Gasteiger partial charge >= 0.3 is 0 Å². The molecule has 21 heavy (non-hydrogen) atoms. The molecule has 0 heterocycles. The highest BCUT2D eigenvalue weighted by molar-refractivity contribution is 9.10. The smallest absolute Gasteiger partial charge is 0.126 e. The zero-order chi connectivity index (χ0) is 15.2. The molecule has 0 aliphatic heterocycles. The van der Waals surface area contributed by atoms with Crippen LogP contribution in [0.25, 0.3) is 0 Å². The van der Waals surface area contributed by atoms with Gasteiger partial charge in [0.15, 0.2) is 0 Å². The molecule has 1 N–H and O–H groups in total. The number of aliphatic hydroxyl groups is 1. The minimum atomic E-state index is -0.742. The van der Waals surface area contributed by atoms with E-state index < -0.39 is 6.10 Å². The van der Waals surface area contributed by atoms with E-state index in [0.29, 0.717) is 12.2 Å². The lowest BCUT2D eigenvalue weighted by atomic mass is 10.0. The van der Waals surface area contributed by atoms with Crippen LogP contribution in [0.4, 0.5) is 4.39 Å². The Morgan fingerprint density at radius 2 is 1.90 bits per heavy atom. The Hall–Kier alpha value is -1.39. The van der Waals surface area contributed by atoms with Crippen LogP contribution >= 0.6 is 15.9 Å². The van der Waals surface area contributed by atoms with Gasteiger partial charge < -0.3 is 9.84 Å². The van der Waals surface area contributed by atoms with Gasteiger partial charge in [-0.15, -0.1) is 0 Å². The van der Waals surface area contributed by atoms with Crippen molar-refractivity contribution in [2.45, 2.75) is 25.9 Å². The molecule has 0 aliphatic carbocycles. The lowest BCUT2D eigenvalue weighted by Gasteiger charge is -2.13. The van der Waals surface area contributed by atoms with Crippen LogP contribution in [0, 0.1) is 5.82 Å². The Morgan fingerprint density at radius 1 is 1.19 bits per heavy atom. The molecule has 2 aromatic rings. The molecule has 0 aliphatic rings. The Bertz CT molecular complexity index is 584. The summed E-state index contributed by atoms with van der Waals surface area (Å²) in [7, 11) is 0. The Labute approximate surface area is 132 Å². The molecule has 2 aromatic carbocycles. The van der Waals surface area contributed by atoms with Crippen molar-refractivity contribution >= 4 is 15.9 Å². The van der Waals surface area contributed by atoms with Crippen molar-refractivity contribution < 1.29 is 14.2 Å². The minimum absolute atomic E-state index is 0.237. The van der Waals surface area contributed by atoms with E-state index in [9.17, 15) is 9.50 Å². The van der Waals surface area contributed by atoms with Crippen LogP contribution in [-0.2, 0) is 6.42 Å². The second kappa shape index (κ2) is 7.57. The van der Waals surface area contributed by atoms with Crippen molar-refractivity contribution in [1.29, 1.82) is 0 Å². The molecule has 1 atom stereocenters. The second-order valence-corrected chi connectivity index (χ2v) is 5.79. The molecule has 0 fully saturated rings. The SMILES string of the molecule is CCCOc1ccc(C(O)Cc2cc(Br)ccc2F)cc1. The summed E-state index contributed by atoms with van der Waals surface area (Å²) in [4.78, 5) is 0. The second-order valence-electron chi connectivity index (χ2n) is 4.87. The van der Waals surface area contributed by atoms with E-state index in [1.165, 1.54) is 6.07 Å². The van der Waals surface area contributed by atoms with Crippen molar-refractivity contribution in [3.8, 4) is 5.75 Å². The molecule has 0 radical (unpaired) electrons. The monoisotopic (exact) mass is 352 g/mol. The quantitative estimate of drug-likeness (QED) is 0.819. The molecule has 0 spiro atoms. The summed E-state index contributed by atoms with van der Waals surface area (Å²) in [5, 5.41) is 10.2. The molecule has 2 rings (SSSR count). The minimum Gasteiger partial charge on any atom is -0.494 e. The summed E-state index contributed by atoms with van der Waals surface area (Å²) in [5.74, 6) is 0.474. The summed E-state index contributed by atoms with van der Waals surface area (Å²) < 4.78 is 20.0. The maximum Gasteiger partial charge on any atom is 0.126 e. The average molecular weight is 353 g/mol. The fourth-order valence-electron chi connectivity index (χ4n) is 2.03. The zero-order valence-electron chi connectivity index (χ0n) is 11.9. The standard InChI is InChI=1S/C17H18BrFO2/c1-2-9-21-15-6-3-12(4-7-15)17(20)11-13-10-14(18)5-8-16(13)19/h3-8,10,17,20H,2,9,11H2,1H3. The topological polar surface area (TPSA) is 29.5 Å². The van der Waals surface area contributed by atoms with Crippen LogP contribution in [-0.4, -0.2) is 11.7 Å². The van der Waals surface area contributed by atoms with E-state index in [-0.39, 0.29) is 12.2 Å². The maximum absolute atomic E-state index is 13.7. The third-order valence-electron chi connectivity index (χ3n) is 3.16. The molecule has 1 unspecified atom stereocenters. The molecule has 4 heteroatoms. The summed E-state index contributed by atoms with van der Waals surface area (Å²) in [6.45, 7) is 2.72. The van der Waals surface area contributed by atoms with E-state index in [0.717, 1.165) is 22.2 Å². The van der Waals surface area contributed by atoms with Gasteiger partial charge in [0, 0.05) is 10.9 Å². The van der Waals surface area contributed by atoms with E-state index in [1.54, 1.807) is 12.1 Å². The molecular formula is C17H18BrFO2. The first-order valence-electron chi connectivity index (χ1n) is 6.95. The van der Waals surface area contributed by atoms with Crippen LogP contribution < -0.4 is 4.74 Å². The Balaban J connectivity index is 2.05. The number of hydrogen-bond acceptors (Lipinski definition) is 2. The first-order valence-corrected chi connectivity index (χ1v) is 7.74. The molecule has 0 saturated heterocycles. The van der Waals surface area contributed by atoms with Gasteiger partial charge in [-0.05, 0) is 47.9 Å². The molecule has 0 aromatic heterocycles. The van der Waals surface area contributed by atoms with Crippen LogP contribution in [0.1, 0.15) is 30.6 Å². The van der Waals surface area contributed by atoms with E-state index in [1.807, 2.05) is 31.2 Å². The zero-order valence-corrected chi connectivity index (χ0v) is 13.4. The fourth-order valence-corrected chi connectivity index (χ4v) is 2.44. The van der Waals surface area contributed by atoms with Gasteiger partial charge in [-0.3, -0.25) is 0 Å². The Kier molecular flexibility index (Phi) is 5.76. The van der Waals surface area contributed by atoms with Gasteiger partial charge in [0.1, 0.15) is 11.6 Å². The van der Waals surface area contributed by atoms with E-state index in [4.69, 9.17) is 4.74 Å². The van der Waals surface area contributed by atoms with Gasteiger partial charge in [-0.2, -0.15) is 0 Å². The third-order valence-corrected chi connectivity index (χ3v) is 3.65. The highest BCUT2D eigenvalue weighted by Gasteiger charge is 2.12. The van der Waals surface area contributed by atoms with Crippen LogP contribution in [0.2, 0.25) is 0 Å².